The Morgan fingerprint density at radius 3 is 3.13 bits per heavy atom. The average Bonchev–Trinajstić information content (AvgIpc) is 2.66. The van der Waals surface area contributed by atoms with E-state index < -0.39 is 0 Å². The predicted molar refractivity (Wildman–Crippen MR) is 66.0 cm³/mol. The van der Waals surface area contributed by atoms with Crippen LogP contribution in [0, 0.1) is 0 Å². The van der Waals surface area contributed by atoms with Gasteiger partial charge in [-0.25, -0.2) is 0 Å². The summed E-state index contributed by atoms with van der Waals surface area (Å²) in [5, 5.41) is 6.51. The Morgan fingerprint density at radius 1 is 1.53 bits per heavy atom. The fourth-order valence-corrected chi connectivity index (χ4v) is 2.53. The van der Waals surface area contributed by atoms with E-state index >= 15 is 0 Å². The lowest BCUT2D eigenvalue weighted by atomic mass is 10.3. The molecule has 0 saturated carbocycles. The van der Waals surface area contributed by atoms with Gasteiger partial charge in [0.1, 0.15) is 0 Å². The van der Waals surface area contributed by atoms with Gasteiger partial charge in [-0.3, -0.25) is 4.99 Å². The number of guanidine groups is 1. The van der Waals surface area contributed by atoms with Gasteiger partial charge in [-0.15, -0.1) is 11.3 Å². The van der Waals surface area contributed by atoms with Gasteiger partial charge in [0.25, 0.3) is 0 Å². The van der Waals surface area contributed by atoms with Gasteiger partial charge in [0.2, 0.25) is 0 Å². The van der Waals surface area contributed by atoms with E-state index in [-0.39, 0.29) is 0 Å². The summed E-state index contributed by atoms with van der Waals surface area (Å²) in [5.41, 5.74) is 0. The van der Waals surface area contributed by atoms with E-state index in [2.05, 4.69) is 21.7 Å². The zero-order valence-corrected chi connectivity index (χ0v) is 10.00. The number of thiophene rings is 1. The van der Waals surface area contributed by atoms with E-state index in [0.29, 0.717) is 0 Å². The van der Waals surface area contributed by atoms with E-state index in [4.69, 9.17) is 11.6 Å². The molecule has 0 atom stereocenters. The molecular formula is C10H14ClN3S. The Labute approximate surface area is 98.6 Å². The third-order valence-electron chi connectivity index (χ3n) is 2.19. The molecule has 0 bridgehead atoms. The SMILES string of the molecule is Clc1ccc(CCNC2=NCCCN2)s1. The van der Waals surface area contributed by atoms with Crippen molar-refractivity contribution in [3.63, 3.8) is 0 Å². The second kappa shape index (κ2) is 5.37. The average molecular weight is 244 g/mol. The lowest BCUT2D eigenvalue weighted by Crippen LogP contribution is -2.41. The number of nitrogens with zero attached hydrogens (tertiary/aromatic N) is 1. The van der Waals surface area contributed by atoms with Gasteiger partial charge in [-0.1, -0.05) is 11.6 Å². The summed E-state index contributed by atoms with van der Waals surface area (Å²) in [7, 11) is 0. The molecule has 2 heterocycles. The maximum atomic E-state index is 5.85. The van der Waals surface area contributed by atoms with Crippen molar-refractivity contribution in [1.82, 2.24) is 10.6 Å². The summed E-state index contributed by atoms with van der Waals surface area (Å²) in [6, 6.07) is 4.02. The second-order valence-corrected chi connectivity index (χ2v) is 5.19. The Balaban J connectivity index is 1.72. The maximum absolute atomic E-state index is 5.85. The molecule has 0 radical (unpaired) electrons. The lowest BCUT2D eigenvalue weighted by molar-refractivity contribution is 0.701. The molecule has 0 fully saturated rings. The summed E-state index contributed by atoms with van der Waals surface area (Å²) in [6.07, 6.45) is 2.13. The number of rotatable bonds is 3. The molecular weight excluding hydrogens is 230 g/mol. The minimum Gasteiger partial charge on any atom is -0.356 e. The molecule has 2 N–H and O–H groups in total. The van der Waals surface area contributed by atoms with Crippen molar-refractivity contribution in [1.29, 1.82) is 0 Å². The first kappa shape index (κ1) is 10.8. The zero-order chi connectivity index (χ0) is 10.5. The zero-order valence-electron chi connectivity index (χ0n) is 8.42. The van der Waals surface area contributed by atoms with Crippen LogP contribution in [0.1, 0.15) is 11.3 Å². The largest absolute Gasteiger partial charge is 0.356 e. The van der Waals surface area contributed by atoms with Crippen LogP contribution in [-0.4, -0.2) is 25.6 Å². The van der Waals surface area contributed by atoms with Crippen molar-refractivity contribution < 1.29 is 0 Å². The number of nitrogens with one attached hydrogen (secondary N) is 2. The quantitative estimate of drug-likeness (QED) is 0.851. The van der Waals surface area contributed by atoms with Gasteiger partial charge >= 0.3 is 0 Å². The van der Waals surface area contributed by atoms with Crippen LogP contribution in [0.15, 0.2) is 17.1 Å². The fourth-order valence-electron chi connectivity index (χ4n) is 1.44. The highest BCUT2D eigenvalue weighted by molar-refractivity contribution is 7.16. The standard InChI is InChI=1S/C10H14ClN3S/c11-9-3-2-8(15-9)4-7-14-10-12-5-1-6-13-10/h2-3H,1,4-7H2,(H2,12,13,14). The Kier molecular flexibility index (Phi) is 3.86. The molecule has 0 saturated heterocycles. The molecule has 0 aliphatic carbocycles. The van der Waals surface area contributed by atoms with Crippen LogP contribution in [0.5, 0.6) is 0 Å². The monoisotopic (exact) mass is 243 g/mol. The van der Waals surface area contributed by atoms with Gasteiger partial charge in [0, 0.05) is 24.5 Å². The molecule has 0 amide bonds. The van der Waals surface area contributed by atoms with Crippen LogP contribution in [0.4, 0.5) is 0 Å². The van der Waals surface area contributed by atoms with Crippen LogP contribution in [0.25, 0.3) is 0 Å². The highest BCUT2D eigenvalue weighted by Gasteiger charge is 2.03. The van der Waals surface area contributed by atoms with Gasteiger partial charge in [0.15, 0.2) is 5.96 Å². The van der Waals surface area contributed by atoms with Crippen LogP contribution >= 0.6 is 22.9 Å². The summed E-state index contributed by atoms with van der Waals surface area (Å²) in [6.45, 7) is 2.86. The molecule has 1 aliphatic rings. The molecule has 2 rings (SSSR count). The second-order valence-electron chi connectivity index (χ2n) is 3.39. The first-order valence-electron chi connectivity index (χ1n) is 5.11. The van der Waals surface area contributed by atoms with Gasteiger partial charge < -0.3 is 10.6 Å². The van der Waals surface area contributed by atoms with Crippen LogP contribution < -0.4 is 10.6 Å². The van der Waals surface area contributed by atoms with Crippen molar-refractivity contribution in [3.05, 3.63) is 21.3 Å². The highest BCUT2D eigenvalue weighted by Crippen LogP contribution is 2.21. The summed E-state index contributed by atoms with van der Waals surface area (Å²) >= 11 is 7.49. The number of hydrogen-bond donors (Lipinski definition) is 2. The van der Waals surface area contributed by atoms with Gasteiger partial charge in [-0.2, -0.15) is 0 Å². The molecule has 0 spiro atoms. The molecule has 5 heteroatoms. The summed E-state index contributed by atoms with van der Waals surface area (Å²) in [5.74, 6) is 0.934. The van der Waals surface area contributed by atoms with Crippen molar-refractivity contribution in [3.8, 4) is 0 Å². The highest BCUT2D eigenvalue weighted by atomic mass is 35.5. The van der Waals surface area contributed by atoms with Crippen molar-refractivity contribution in [2.45, 2.75) is 12.8 Å². The fraction of sp³-hybridized carbons (Fsp3) is 0.500. The topological polar surface area (TPSA) is 36.4 Å². The number of aliphatic imine (C=N–C) groups is 1. The third-order valence-corrected chi connectivity index (χ3v) is 3.48. The van der Waals surface area contributed by atoms with E-state index in [1.165, 1.54) is 4.88 Å². The third kappa shape index (κ3) is 3.39. The van der Waals surface area contributed by atoms with Crippen molar-refractivity contribution in [2.75, 3.05) is 19.6 Å². The normalized spacial score (nSPS) is 15.7. The van der Waals surface area contributed by atoms with E-state index in [0.717, 1.165) is 42.8 Å². The van der Waals surface area contributed by atoms with E-state index in [1.807, 2.05) is 6.07 Å². The molecule has 0 unspecified atom stereocenters. The Morgan fingerprint density at radius 2 is 2.47 bits per heavy atom. The minimum absolute atomic E-state index is 0.859. The molecule has 1 aromatic heterocycles. The minimum atomic E-state index is 0.859. The molecule has 15 heavy (non-hydrogen) atoms. The lowest BCUT2D eigenvalue weighted by Gasteiger charge is -2.15. The molecule has 0 aromatic carbocycles. The van der Waals surface area contributed by atoms with E-state index in [1.54, 1.807) is 11.3 Å². The molecule has 1 aliphatic heterocycles. The molecule has 82 valence electrons. The number of halogens is 1. The predicted octanol–water partition coefficient (Wildman–Crippen LogP) is 1.88. The summed E-state index contributed by atoms with van der Waals surface area (Å²) in [4.78, 5) is 5.65. The van der Waals surface area contributed by atoms with Crippen molar-refractivity contribution in [2.24, 2.45) is 4.99 Å². The smallest absolute Gasteiger partial charge is 0.191 e. The van der Waals surface area contributed by atoms with Crippen molar-refractivity contribution >= 4 is 28.9 Å². The number of hydrogen-bond acceptors (Lipinski definition) is 4. The maximum Gasteiger partial charge on any atom is 0.191 e. The Hall–Kier alpha value is -0.740. The van der Waals surface area contributed by atoms with E-state index in [9.17, 15) is 0 Å². The first-order chi connectivity index (χ1) is 7.34. The molecule has 3 nitrogen and oxygen atoms in total. The summed E-state index contributed by atoms with van der Waals surface area (Å²) < 4.78 is 0.859. The first-order valence-corrected chi connectivity index (χ1v) is 6.30. The Bertz CT molecular complexity index is 348. The molecule has 1 aromatic rings. The van der Waals surface area contributed by atoms with Gasteiger partial charge in [0.05, 0.1) is 4.34 Å². The van der Waals surface area contributed by atoms with Crippen LogP contribution in [-0.2, 0) is 6.42 Å². The van der Waals surface area contributed by atoms with Crippen LogP contribution in [0.2, 0.25) is 4.34 Å². The van der Waals surface area contributed by atoms with Crippen LogP contribution in [0.3, 0.4) is 0 Å². The van der Waals surface area contributed by atoms with Gasteiger partial charge in [-0.05, 0) is 25.0 Å².